The van der Waals surface area contributed by atoms with Gasteiger partial charge in [-0.2, -0.15) is 0 Å². The van der Waals surface area contributed by atoms with E-state index >= 15 is 0 Å². The van der Waals surface area contributed by atoms with E-state index in [0.29, 0.717) is 0 Å². The molecule has 0 unspecified atom stereocenters. The van der Waals surface area contributed by atoms with Gasteiger partial charge in [0.15, 0.2) is 5.78 Å². The second-order valence-corrected chi connectivity index (χ2v) is 6.39. The molecule has 0 aromatic carbocycles. The molecule has 0 atom stereocenters. The molecule has 0 N–H and O–H groups in total. The van der Waals surface area contributed by atoms with E-state index in [2.05, 4.69) is 15.9 Å². The minimum atomic E-state index is -0.260. The fraction of sp³-hybridized carbons (Fsp3) is 0.500. The quantitative estimate of drug-likeness (QED) is 0.790. The second kappa shape index (κ2) is 4.55. The van der Waals surface area contributed by atoms with Crippen molar-refractivity contribution in [2.75, 3.05) is 6.61 Å². The smallest absolute Gasteiger partial charge is 0.198 e. The van der Waals surface area contributed by atoms with Crippen molar-refractivity contribution in [2.45, 2.75) is 26.4 Å². The minimum absolute atomic E-state index is 0.0376. The third kappa shape index (κ3) is 3.90. The number of halogens is 1. The Balaban J connectivity index is 2.52. The van der Waals surface area contributed by atoms with Gasteiger partial charge in [0.05, 0.1) is 14.3 Å². The molecule has 14 heavy (non-hydrogen) atoms. The molecule has 4 heteroatoms. The number of ether oxygens (including phenoxy) is 1. The summed E-state index contributed by atoms with van der Waals surface area (Å²) < 4.78 is 6.37. The van der Waals surface area contributed by atoms with Crippen LogP contribution in [0, 0.1) is 0 Å². The standard InChI is InChI=1S/C10H13BrO2S/c1-10(2,3)13-6-7(12)8-4-5-9(11)14-8/h4-5H,6H2,1-3H3. The molecular formula is C10H13BrO2S. The van der Waals surface area contributed by atoms with Crippen LogP contribution in [-0.2, 0) is 4.74 Å². The van der Waals surface area contributed by atoms with Gasteiger partial charge in [-0.05, 0) is 48.8 Å². The van der Waals surface area contributed by atoms with E-state index in [4.69, 9.17) is 4.74 Å². The molecule has 78 valence electrons. The van der Waals surface area contributed by atoms with E-state index in [9.17, 15) is 4.79 Å². The average molecular weight is 277 g/mol. The fourth-order valence-electron chi connectivity index (χ4n) is 0.817. The highest BCUT2D eigenvalue weighted by atomic mass is 79.9. The first kappa shape index (κ1) is 11.9. The van der Waals surface area contributed by atoms with Gasteiger partial charge in [0.25, 0.3) is 0 Å². The molecule has 0 aliphatic heterocycles. The zero-order valence-electron chi connectivity index (χ0n) is 8.46. The van der Waals surface area contributed by atoms with Crippen LogP contribution in [0.4, 0.5) is 0 Å². The first-order valence-corrected chi connectivity index (χ1v) is 5.92. The van der Waals surface area contributed by atoms with E-state index < -0.39 is 0 Å². The summed E-state index contributed by atoms with van der Waals surface area (Å²) in [5.41, 5.74) is -0.260. The van der Waals surface area contributed by atoms with Crippen LogP contribution in [0.2, 0.25) is 0 Å². The number of ketones is 1. The summed E-state index contributed by atoms with van der Waals surface area (Å²) in [6, 6.07) is 3.68. The van der Waals surface area contributed by atoms with Crippen LogP contribution in [0.1, 0.15) is 30.4 Å². The Morgan fingerprint density at radius 2 is 2.14 bits per heavy atom. The summed E-state index contributed by atoms with van der Waals surface area (Å²) in [5, 5.41) is 0. The predicted molar refractivity (Wildman–Crippen MR) is 62.1 cm³/mol. The molecular weight excluding hydrogens is 264 g/mol. The van der Waals surface area contributed by atoms with Gasteiger partial charge in [-0.1, -0.05) is 0 Å². The highest BCUT2D eigenvalue weighted by molar-refractivity contribution is 9.11. The highest BCUT2D eigenvalue weighted by Crippen LogP contribution is 2.22. The Morgan fingerprint density at radius 3 is 2.57 bits per heavy atom. The summed E-state index contributed by atoms with van der Waals surface area (Å²) in [6.45, 7) is 5.95. The van der Waals surface area contributed by atoms with Gasteiger partial charge < -0.3 is 4.74 Å². The second-order valence-electron chi connectivity index (χ2n) is 3.93. The average Bonchev–Trinajstić information content (AvgIpc) is 2.46. The van der Waals surface area contributed by atoms with Crippen LogP contribution < -0.4 is 0 Å². The Bertz CT molecular complexity index is 325. The SMILES string of the molecule is CC(C)(C)OCC(=O)c1ccc(Br)s1. The Morgan fingerprint density at radius 1 is 1.50 bits per heavy atom. The number of hydrogen-bond donors (Lipinski definition) is 0. The summed E-state index contributed by atoms with van der Waals surface area (Å²) >= 11 is 4.75. The van der Waals surface area contributed by atoms with Crippen molar-refractivity contribution in [3.63, 3.8) is 0 Å². The molecule has 0 amide bonds. The van der Waals surface area contributed by atoms with Crippen LogP contribution in [0.3, 0.4) is 0 Å². The van der Waals surface area contributed by atoms with E-state index in [1.54, 1.807) is 0 Å². The Kier molecular flexibility index (Phi) is 3.86. The number of Topliss-reactive ketones (excluding diaryl/α,β-unsaturated/α-hetero) is 1. The van der Waals surface area contributed by atoms with Crippen LogP contribution in [0.5, 0.6) is 0 Å². The largest absolute Gasteiger partial charge is 0.368 e. The zero-order chi connectivity index (χ0) is 10.8. The topological polar surface area (TPSA) is 26.3 Å². The van der Waals surface area contributed by atoms with Gasteiger partial charge in [-0.3, -0.25) is 4.79 Å². The molecule has 0 fully saturated rings. The Hall–Kier alpha value is -0.190. The minimum Gasteiger partial charge on any atom is -0.368 e. The van der Waals surface area contributed by atoms with Crippen LogP contribution in [0.15, 0.2) is 15.9 Å². The number of carbonyl (C=O) groups is 1. The van der Waals surface area contributed by atoms with Crippen LogP contribution in [-0.4, -0.2) is 18.0 Å². The van der Waals surface area contributed by atoms with Crippen molar-refractivity contribution in [3.8, 4) is 0 Å². The lowest BCUT2D eigenvalue weighted by Gasteiger charge is -2.18. The molecule has 0 aliphatic carbocycles. The van der Waals surface area contributed by atoms with Gasteiger partial charge in [-0.25, -0.2) is 0 Å². The third-order valence-corrected chi connectivity index (χ3v) is 3.15. The number of hydrogen-bond acceptors (Lipinski definition) is 3. The van der Waals surface area contributed by atoms with Gasteiger partial charge in [-0.15, -0.1) is 11.3 Å². The summed E-state index contributed by atoms with van der Waals surface area (Å²) in [4.78, 5) is 12.3. The zero-order valence-corrected chi connectivity index (χ0v) is 10.9. The maximum Gasteiger partial charge on any atom is 0.198 e. The molecule has 0 saturated heterocycles. The molecule has 0 radical (unpaired) electrons. The molecule has 0 bridgehead atoms. The number of rotatable bonds is 3. The van der Waals surface area contributed by atoms with Crippen molar-refractivity contribution in [3.05, 3.63) is 20.8 Å². The normalized spacial score (nSPS) is 11.7. The molecule has 2 nitrogen and oxygen atoms in total. The van der Waals surface area contributed by atoms with E-state index in [1.165, 1.54) is 11.3 Å². The van der Waals surface area contributed by atoms with Gasteiger partial charge >= 0.3 is 0 Å². The van der Waals surface area contributed by atoms with Crippen molar-refractivity contribution in [1.29, 1.82) is 0 Å². The van der Waals surface area contributed by atoms with Crippen LogP contribution >= 0.6 is 27.3 Å². The van der Waals surface area contributed by atoms with E-state index in [0.717, 1.165) is 8.66 Å². The summed E-state index contributed by atoms with van der Waals surface area (Å²) in [7, 11) is 0. The van der Waals surface area contributed by atoms with Crippen LogP contribution in [0.25, 0.3) is 0 Å². The predicted octanol–water partition coefficient (Wildman–Crippen LogP) is 3.51. The third-order valence-electron chi connectivity index (χ3n) is 1.48. The lowest BCUT2D eigenvalue weighted by Crippen LogP contribution is -2.23. The van der Waals surface area contributed by atoms with E-state index in [-0.39, 0.29) is 18.0 Å². The fourth-order valence-corrected chi connectivity index (χ4v) is 2.13. The van der Waals surface area contributed by atoms with Gasteiger partial charge in [0.2, 0.25) is 0 Å². The van der Waals surface area contributed by atoms with Crippen molar-refractivity contribution in [2.24, 2.45) is 0 Å². The molecule has 1 aromatic heterocycles. The Labute approximate surface area is 96.4 Å². The van der Waals surface area contributed by atoms with Gasteiger partial charge in [0, 0.05) is 0 Å². The molecule has 1 aromatic rings. The van der Waals surface area contributed by atoms with Crippen molar-refractivity contribution in [1.82, 2.24) is 0 Å². The molecule has 1 heterocycles. The molecule has 0 spiro atoms. The molecule has 1 rings (SSSR count). The first-order chi connectivity index (χ1) is 6.38. The maximum atomic E-state index is 11.6. The maximum absolute atomic E-state index is 11.6. The van der Waals surface area contributed by atoms with Crippen molar-refractivity contribution < 1.29 is 9.53 Å². The van der Waals surface area contributed by atoms with Crippen molar-refractivity contribution >= 4 is 33.0 Å². The monoisotopic (exact) mass is 276 g/mol. The first-order valence-electron chi connectivity index (χ1n) is 4.31. The molecule has 0 saturated carbocycles. The number of carbonyl (C=O) groups excluding carboxylic acids is 1. The van der Waals surface area contributed by atoms with E-state index in [1.807, 2.05) is 32.9 Å². The highest BCUT2D eigenvalue weighted by Gasteiger charge is 2.15. The number of thiophene rings is 1. The van der Waals surface area contributed by atoms with Gasteiger partial charge in [0.1, 0.15) is 6.61 Å². The molecule has 0 aliphatic rings. The summed E-state index contributed by atoms with van der Waals surface area (Å²) in [5.74, 6) is 0.0376. The summed E-state index contributed by atoms with van der Waals surface area (Å²) in [6.07, 6.45) is 0. The lowest BCUT2D eigenvalue weighted by molar-refractivity contribution is 0.00323. The lowest BCUT2D eigenvalue weighted by atomic mass is 10.2.